The largest absolute Gasteiger partial charge is 0.332 e. The van der Waals surface area contributed by atoms with Crippen LogP contribution in [0.5, 0.6) is 0 Å². The van der Waals surface area contributed by atoms with Crippen LogP contribution >= 0.6 is 0 Å². The van der Waals surface area contributed by atoms with Crippen molar-refractivity contribution in [2.24, 2.45) is 0 Å². The Morgan fingerprint density at radius 3 is 2.86 bits per heavy atom. The van der Waals surface area contributed by atoms with Gasteiger partial charge in [-0.05, 0) is 26.2 Å². The number of carbonyl (C=O) groups excluding carboxylic acids is 1. The average molecular weight is 194 g/mol. The lowest BCUT2D eigenvalue weighted by Crippen LogP contribution is -2.50. The number of nitrogens with zero attached hydrogens (tertiary/aromatic N) is 1. The Labute approximate surface area is 85.0 Å². The Morgan fingerprint density at radius 2 is 2.14 bits per heavy atom. The predicted octanol–water partition coefficient (Wildman–Crippen LogP) is 1.96. The number of hydrogen-bond acceptors (Lipinski definition) is 2. The maximum Gasteiger partial charge on any atom is 0.223 e. The number of fused-ring (bicyclic) bond motifs is 1. The summed E-state index contributed by atoms with van der Waals surface area (Å²) in [4.78, 5) is 13.7. The standard InChI is InChI=1S/C11H18N2O/c1-9(12)11-6-3-2-4-8-13(11)10(14)5-7-11/h12H,2-8H2,1H3. The molecule has 3 nitrogen and oxygen atoms in total. The summed E-state index contributed by atoms with van der Waals surface area (Å²) in [6.45, 7) is 2.73. The number of rotatable bonds is 1. The van der Waals surface area contributed by atoms with Gasteiger partial charge in [-0.15, -0.1) is 0 Å². The van der Waals surface area contributed by atoms with Crippen LogP contribution in [0.4, 0.5) is 0 Å². The molecule has 0 radical (unpaired) electrons. The lowest BCUT2D eigenvalue weighted by atomic mass is 9.86. The Balaban J connectivity index is 2.32. The molecule has 1 unspecified atom stereocenters. The van der Waals surface area contributed by atoms with Crippen molar-refractivity contribution >= 4 is 11.6 Å². The smallest absolute Gasteiger partial charge is 0.223 e. The third kappa shape index (κ3) is 1.26. The lowest BCUT2D eigenvalue weighted by Gasteiger charge is -2.36. The summed E-state index contributed by atoms with van der Waals surface area (Å²) in [6.07, 6.45) is 6.02. The Kier molecular flexibility index (Phi) is 2.33. The fourth-order valence-corrected chi connectivity index (χ4v) is 2.86. The highest BCUT2D eigenvalue weighted by molar-refractivity contribution is 5.96. The molecule has 0 aliphatic carbocycles. The zero-order valence-corrected chi connectivity index (χ0v) is 8.81. The first kappa shape index (κ1) is 9.69. The number of hydrogen-bond donors (Lipinski definition) is 1. The first-order chi connectivity index (χ1) is 6.67. The van der Waals surface area contributed by atoms with Crippen molar-refractivity contribution in [3.8, 4) is 0 Å². The first-order valence-corrected chi connectivity index (χ1v) is 5.53. The minimum absolute atomic E-state index is 0.187. The van der Waals surface area contributed by atoms with Gasteiger partial charge in [0.25, 0.3) is 0 Å². The first-order valence-electron chi connectivity index (χ1n) is 5.53. The lowest BCUT2D eigenvalue weighted by molar-refractivity contribution is -0.129. The van der Waals surface area contributed by atoms with Crippen molar-refractivity contribution in [2.45, 2.75) is 51.0 Å². The van der Waals surface area contributed by atoms with Gasteiger partial charge in [-0.3, -0.25) is 4.79 Å². The third-order valence-electron chi connectivity index (χ3n) is 3.74. The van der Waals surface area contributed by atoms with Gasteiger partial charge in [0, 0.05) is 18.7 Å². The van der Waals surface area contributed by atoms with E-state index in [-0.39, 0.29) is 11.4 Å². The van der Waals surface area contributed by atoms with Crippen molar-refractivity contribution in [1.82, 2.24) is 4.90 Å². The summed E-state index contributed by atoms with van der Waals surface area (Å²) in [5.41, 5.74) is 0.498. The molecule has 2 fully saturated rings. The summed E-state index contributed by atoms with van der Waals surface area (Å²) < 4.78 is 0. The predicted molar refractivity (Wildman–Crippen MR) is 55.5 cm³/mol. The van der Waals surface area contributed by atoms with E-state index in [0.717, 1.165) is 25.8 Å². The molecule has 3 heteroatoms. The van der Waals surface area contributed by atoms with Gasteiger partial charge >= 0.3 is 0 Å². The van der Waals surface area contributed by atoms with Gasteiger partial charge in [0.2, 0.25) is 5.91 Å². The van der Waals surface area contributed by atoms with Crippen LogP contribution in [0.2, 0.25) is 0 Å². The van der Waals surface area contributed by atoms with E-state index in [1.54, 1.807) is 0 Å². The molecule has 1 N–H and O–H groups in total. The molecule has 1 amide bonds. The summed E-state index contributed by atoms with van der Waals surface area (Å²) in [5.74, 6) is 0.263. The van der Waals surface area contributed by atoms with Crippen molar-refractivity contribution < 1.29 is 4.79 Å². The summed E-state index contributed by atoms with van der Waals surface area (Å²) in [7, 11) is 0. The van der Waals surface area contributed by atoms with E-state index in [1.165, 1.54) is 12.8 Å². The molecule has 2 aliphatic heterocycles. The fraction of sp³-hybridized carbons (Fsp3) is 0.818. The van der Waals surface area contributed by atoms with Crippen LogP contribution < -0.4 is 0 Å². The molecule has 0 saturated carbocycles. The van der Waals surface area contributed by atoms with Gasteiger partial charge < -0.3 is 10.3 Å². The zero-order valence-electron chi connectivity index (χ0n) is 8.81. The number of nitrogens with one attached hydrogen (secondary N) is 1. The van der Waals surface area contributed by atoms with Crippen LogP contribution in [-0.4, -0.2) is 28.6 Å². The van der Waals surface area contributed by atoms with Gasteiger partial charge in [0.15, 0.2) is 0 Å². The van der Waals surface area contributed by atoms with Crippen molar-refractivity contribution in [3.63, 3.8) is 0 Å². The molecule has 2 rings (SSSR count). The number of carbonyl (C=O) groups is 1. The van der Waals surface area contributed by atoms with Gasteiger partial charge in [-0.2, -0.15) is 0 Å². The van der Waals surface area contributed by atoms with Gasteiger partial charge in [-0.25, -0.2) is 0 Å². The van der Waals surface area contributed by atoms with E-state index >= 15 is 0 Å². The molecule has 14 heavy (non-hydrogen) atoms. The van der Waals surface area contributed by atoms with Crippen LogP contribution in [0.25, 0.3) is 0 Å². The fourth-order valence-electron chi connectivity index (χ4n) is 2.86. The Bertz CT molecular complexity index is 274. The van der Waals surface area contributed by atoms with Crippen LogP contribution in [0, 0.1) is 5.41 Å². The topological polar surface area (TPSA) is 44.2 Å². The Morgan fingerprint density at radius 1 is 1.36 bits per heavy atom. The molecule has 1 atom stereocenters. The maximum atomic E-state index is 11.7. The minimum atomic E-state index is -0.187. The van der Waals surface area contributed by atoms with Crippen molar-refractivity contribution in [3.05, 3.63) is 0 Å². The zero-order chi connectivity index (χ0) is 10.2. The van der Waals surface area contributed by atoms with E-state index in [2.05, 4.69) is 0 Å². The molecule has 0 aromatic heterocycles. The molecule has 0 aromatic rings. The van der Waals surface area contributed by atoms with E-state index in [9.17, 15) is 4.79 Å². The molecule has 0 bridgehead atoms. The molecule has 2 saturated heterocycles. The molecule has 0 aromatic carbocycles. The van der Waals surface area contributed by atoms with Crippen molar-refractivity contribution in [2.75, 3.05) is 6.54 Å². The van der Waals surface area contributed by atoms with Gasteiger partial charge in [0.05, 0.1) is 5.54 Å². The highest BCUT2D eigenvalue weighted by Gasteiger charge is 2.46. The normalized spacial score (nSPS) is 32.6. The van der Waals surface area contributed by atoms with E-state index < -0.39 is 0 Å². The summed E-state index contributed by atoms with van der Waals surface area (Å²) in [5, 5.41) is 7.90. The molecular weight excluding hydrogens is 176 g/mol. The molecule has 2 aliphatic rings. The number of amides is 1. The molecule has 0 spiro atoms. The average Bonchev–Trinajstić information content (AvgIpc) is 2.38. The minimum Gasteiger partial charge on any atom is -0.332 e. The van der Waals surface area contributed by atoms with Crippen LogP contribution in [0.3, 0.4) is 0 Å². The molecular formula is C11H18N2O. The second kappa shape index (κ2) is 3.37. The quantitative estimate of drug-likeness (QED) is 0.637. The third-order valence-corrected chi connectivity index (χ3v) is 3.74. The molecule has 78 valence electrons. The monoisotopic (exact) mass is 194 g/mol. The van der Waals surface area contributed by atoms with E-state index in [0.29, 0.717) is 12.1 Å². The summed E-state index contributed by atoms with van der Waals surface area (Å²) >= 11 is 0. The van der Waals surface area contributed by atoms with Crippen LogP contribution in [-0.2, 0) is 4.79 Å². The highest BCUT2D eigenvalue weighted by atomic mass is 16.2. The Hall–Kier alpha value is -0.860. The summed E-state index contributed by atoms with van der Waals surface area (Å²) in [6, 6.07) is 0. The second-order valence-corrected chi connectivity index (χ2v) is 4.51. The van der Waals surface area contributed by atoms with Crippen molar-refractivity contribution in [1.29, 1.82) is 5.41 Å². The highest BCUT2D eigenvalue weighted by Crippen LogP contribution is 2.38. The molecule has 2 heterocycles. The maximum absolute atomic E-state index is 11.7. The second-order valence-electron chi connectivity index (χ2n) is 4.51. The SMILES string of the molecule is CC(=N)C12CCCCCN1C(=O)CC2. The van der Waals surface area contributed by atoms with E-state index in [4.69, 9.17) is 5.41 Å². The van der Waals surface area contributed by atoms with E-state index in [1.807, 2.05) is 11.8 Å². The van der Waals surface area contributed by atoms with Gasteiger partial charge in [-0.1, -0.05) is 12.8 Å². The van der Waals surface area contributed by atoms with Crippen LogP contribution in [0.15, 0.2) is 0 Å². The van der Waals surface area contributed by atoms with Gasteiger partial charge in [0.1, 0.15) is 0 Å². The van der Waals surface area contributed by atoms with Crippen LogP contribution in [0.1, 0.15) is 45.4 Å².